The molecule has 0 bridgehead atoms. The summed E-state index contributed by atoms with van der Waals surface area (Å²) < 4.78 is 0. The van der Waals surface area contributed by atoms with Crippen LogP contribution < -0.4 is 15.5 Å². The van der Waals surface area contributed by atoms with Gasteiger partial charge in [-0.2, -0.15) is 10.2 Å². The predicted molar refractivity (Wildman–Crippen MR) is 118 cm³/mol. The van der Waals surface area contributed by atoms with Gasteiger partial charge < -0.3 is 15.5 Å². The number of carbonyl (C=O) groups is 1. The Balaban J connectivity index is 1.68. The molecule has 1 fully saturated rings. The van der Waals surface area contributed by atoms with Crippen molar-refractivity contribution in [2.45, 2.75) is 70.0 Å². The molecule has 1 saturated heterocycles. The minimum Gasteiger partial charge on any atom is -0.372 e. The van der Waals surface area contributed by atoms with Gasteiger partial charge in [-0.25, -0.2) is 0 Å². The van der Waals surface area contributed by atoms with Crippen LogP contribution >= 0.6 is 0 Å². The van der Waals surface area contributed by atoms with Gasteiger partial charge in [-0.1, -0.05) is 19.1 Å². The van der Waals surface area contributed by atoms with E-state index in [4.69, 9.17) is 0 Å². The van der Waals surface area contributed by atoms with Crippen LogP contribution in [0.5, 0.6) is 0 Å². The van der Waals surface area contributed by atoms with Crippen molar-refractivity contribution >= 4 is 11.6 Å². The molecule has 4 heterocycles. The highest BCUT2D eigenvalue weighted by molar-refractivity contribution is 6.00. The number of anilines is 1. The Morgan fingerprint density at radius 3 is 2.77 bits per heavy atom. The first-order valence-corrected chi connectivity index (χ1v) is 11.2. The lowest BCUT2D eigenvalue weighted by atomic mass is 9.62. The molecule has 1 amide bonds. The van der Waals surface area contributed by atoms with Crippen LogP contribution in [0.25, 0.3) is 0 Å². The van der Waals surface area contributed by atoms with Crippen LogP contribution in [0.1, 0.15) is 58.4 Å². The van der Waals surface area contributed by atoms with E-state index in [0.717, 1.165) is 42.8 Å². The summed E-state index contributed by atoms with van der Waals surface area (Å²) in [6, 6.07) is 8.82. The highest BCUT2D eigenvalue weighted by Crippen LogP contribution is 2.51. The molecule has 0 aromatic heterocycles. The van der Waals surface area contributed by atoms with Crippen LogP contribution in [0, 0.1) is 0 Å². The zero-order valence-electron chi connectivity index (χ0n) is 18.2. The van der Waals surface area contributed by atoms with Gasteiger partial charge in [-0.05, 0) is 57.2 Å². The highest BCUT2D eigenvalue weighted by Gasteiger charge is 2.53. The summed E-state index contributed by atoms with van der Waals surface area (Å²) in [4.78, 5) is 15.9. The molecule has 0 aliphatic carbocycles. The second-order valence-corrected chi connectivity index (χ2v) is 9.59. The summed E-state index contributed by atoms with van der Waals surface area (Å²) in [6.45, 7) is 8.52. The molecule has 2 unspecified atom stereocenters. The van der Waals surface area contributed by atoms with Crippen molar-refractivity contribution < 1.29 is 4.79 Å². The standard InChI is InChI=1S/C24H31N5O/c1-4-24(16-9-8-10-17(13-16)29-11-6-5-7-12-29)18-15-25-28-21(18)26-19-14-23(2,3)27-22(30)20(19)24/h8-10,13,15,21,26H,4-7,11-12,14H2,1-3H3,(H,27,30). The molecular formula is C24H31N5O. The second kappa shape index (κ2) is 6.96. The topological polar surface area (TPSA) is 69.1 Å². The second-order valence-electron chi connectivity index (χ2n) is 9.59. The number of carbonyl (C=O) groups excluding carboxylic acids is 1. The molecule has 6 nitrogen and oxygen atoms in total. The van der Waals surface area contributed by atoms with Crippen molar-refractivity contribution in [1.29, 1.82) is 0 Å². The van der Waals surface area contributed by atoms with Crippen molar-refractivity contribution in [3.8, 4) is 0 Å². The first kappa shape index (κ1) is 19.3. The van der Waals surface area contributed by atoms with Gasteiger partial charge in [0.1, 0.15) is 0 Å². The Kier molecular flexibility index (Phi) is 4.49. The van der Waals surface area contributed by atoms with Gasteiger partial charge in [0.05, 0.1) is 17.2 Å². The molecule has 5 rings (SSSR count). The van der Waals surface area contributed by atoms with Crippen molar-refractivity contribution in [3.05, 3.63) is 52.9 Å². The maximum absolute atomic E-state index is 13.5. The number of nitrogens with one attached hydrogen (secondary N) is 2. The van der Waals surface area contributed by atoms with Gasteiger partial charge in [-0.3, -0.25) is 4.79 Å². The summed E-state index contributed by atoms with van der Waals surface area (Å²) in [5, 5.41) is 15.5. The molecule has 2 atom stereocenters. The van der Waals surface area contributed by atoms with E-state index in [0.29, 0.717) is 0 Å². The van der Waals surface area contributed by atoms with Gasteiger partial charge in [0, 0.05) is 42.0 Å². The minimum absolute atomic E-state index is 0.0187. The Bertz CT molecular complexity index is 970. The average Bonchev–Trinajstić information content (AvgIpc) is 3.21. The molecular weight excluding hydrogens is 374 g/mol. The van der Waals surface area contributed by atoms with E-state index in [-0.39, 0.29) is 17.6 Å². The Labute approximate surface area is 178 Å². The lowest BCUT2D eigenvalue weighted by molar-refractivity contribution is -0.120. The first-order chi connectivity index (χ1) is 14.4. The van der Waals surface area contributed by atoms with Crippen LogP contribution in [-0.4, -0.2) is 30.7 Å². The fourth-order valence-corrected chi connectivity index (χ4v) is 5.73. The van der Waals surface area contributed by atoms with Crippen molar-refractivity contribution in [3.63, 3.8) is 0 Å². The highest BCUT2D eigenvalue weighted by atomic mass is 16.2. The number of benzene rings is 1. The maximum atomic E-state index is 13.5. The number of azo groups is 1. The summed E-state index contributed by atoms with van der Waals surface area (Å²) in [5.74, 6) is 0.0187. The summed E-state index contributed by atoms with van der Waals surface area (Å²) in [5.41, 5.74) is 4.55. The molecule has 0 spiro atoms. The Morgan fingerprint density at radius 1 is 1.20 bits per heavy atom. The Morgan fingerprint density at radius 2 is 2.00 bits per heavy atom. The number of hydrogen-bond donors (Lipinski definition) is 2. The van der Waals surface area contributed by atoms with E-state index in [1.807, 2.05) is 6.20 Å². The zero-order chi connectivity index (χ0) is 20.9. The minimum atomic E-state index is -0.513. The third-order valence-corrected chi connectivity index (χ3v) is 7.09. The fourth-order valence-electron chi connectivity index (χ4n) is 5.73. The molecule has 1 aromatic carbocycles. The summed E-state index contributed by atoms with van der Waals surface area (Å²) in [7, 11) is 0. The molecule has 0 radical (unpaired) electrons. The largest absolute Gasteiger partial charge is 0.372 e. The number of piperidine rings is 1. The van der Waals surface area contributed by atoms with Gasteiger partial charge in [0.25, 0.3) is 5.91 Å². The normalized spacial score (nSPS) is 29.7. The molecule has 4 aliphatic heterocycles. The first-order valence-electron chi connectivity index (χ1n) is 11.2. The molecule has 0 saturated carbocycles. The third-order valence-electron chi connectivity index (χ3n) is 7.09. The van der Waals surface area contributed by atoms with Crippen LogP contribution in [0.3, 0.4) is 0 Å². The predicted octanol–water partition coefficient (Wildman–Crippen LogP) is 4.16. The molecule has 2 N–H and O–H groups in total. The van der Waals surface area contributed by atoms with Crippen LogP contribution in [-0.2, 0) is 10.2 Å². The van der Waals surface area contributed by atoms with Gasteiger partial charge in [0.2, 0.25) is 0 Å². The van der Waals surface area contributed by atoms with E-state index in [1.54, 1.807) is 0 Å². The van der Waals surface area contributed by atoms with E-state index in [1.165, 1.54) is 30.5 Å². The van der Waals surface area contributed by atoms with E-state index in [2.05, 4.69) is 70.8 Å². The van der Waals surface area contributed by atoms with E-state index in [9.17, 15) is 4.79 Å². The van der Waals surface area contributed by atoms with Crippen LogP contribution in [0.15, 0.2) is 57.5 Å². The third kappa shape index (κ3) is 2.88. The fraction of sp³-hybridized carbons (Fsp3) is 0.542. The number of nitrogens with zero attached hydrogens (tertiary/aromatic N) is 3. The molecule has 6 heteroatoms. The quantitative estimate of drug-likeness (QED) is 0.793. The van der Waals surface area contributed by atoms with Crippen molar-refractivity contribution in [2.75, 3.05) is 18.0 Å². The number of hydrogen-bond acceptors (Lipinski definition) is 5. The van der Waals surface area contributed by atoms with Crippen molar-refractivity contribution in [2.24, 2.45) is 10.2 Å². The summed E-state index contributed by atoms with van der Waals surface area (Å²) >= 11 is 0. The molecule has 4 aliphatic rings. The van der Waals surface area contributed by atoms with Crippen LogP contribution in [0.4, 0.5) is 5.69 Å². The smallest absolute Gasteiger partial charge is 0.250 e. The van der Waals surface area contributed by atoms with Crippen LogP contribution in [0.2, 0.25) is 0 Å². The molecule has 1 aromatic rings. The van der Waals surface area contributed by atoms with E-state index >= 15 is 0 Å². The lowest BCUT2D eigenvalue weighted by Crippen LogP contribution is -2.58. The molecule has 30 heavy (non-hydrogen) atoms. The SMILES string of the molecule is CCC1(c2cccc(N3CCCCC3)c2)C2=CN=NC2NC2=C1C(=O)NC(C)(C)C2. The number of amides is 1. The zero-order valence-corrected chi connectivity index (χ0v) is 18.2. The van der Waals surface area contributed by atoms with E-state index < -0.39 is 5.41 Å². The monoisotopic (exact) mass is 405 g/mol. The number of rotatable bonds is 3. The number of fused-ring (bicyclic) bond motifs is 1. The molecule has 158 valence electrons. The summed E-state index contributed by atoms with van der Waals surface area (Å²) in [6.07, 6.45) is 7.02. The van der Waals surface area contributed by atoms with Gasteiger partial charge >= 0.3 is 0 Å². The maximum Gasteiger partial charge on any atom is 0.250 e. The van der Waals surface area contributed by atoms with Gasteiger partial charge in [-0.15, -0.1) is 0 Å². The average molecular weight is 406 g/mol. The Hall–Kier alpha value is -2.63. The van der Waals surface area contributed by atoms with Gasteiger partial charge in [0.15, 0.2) is 6.17 Å². The van der Waals surface area contributed by atoms with Crippen molar-refractivity contribution in [1.82, 2.24) is 10.6 Å². The lowest BCUT2D eigenvalue weighted by Gasteiger charge is -2.48.